The highest BCUT2D eigenvalue weighted by molar-refractivity contribution is 6.31. The summed E-state index contributed by atoms with van der Waals surface area (Å²) in [5.74, 6) is 1.44. The summed E-state index contributed by atoms with van der Waals surface area (Å²) in [7, 11) is 1.90. The van der Waals surface area contributed by atoms with Crippen LogP contribution in [0.25, 0.3) is 0 Å². The second-order valence-electron chi connectivity index (χ2n) is 4.52. The van der Waals surface area contributed by atoms with E-state index >= 15 is 0 Å². The number of pyridine rings is 1. The number of benzene rings is 1. The van der Waals surface area contributed by atoms with Gasteiger partial charge in [-0.1, -0.05) is 11.6 Å². The Balaban J connectivity index is 2.04. The molecule has 2 heterocycles. The van der Waals surface area contributed by atoms with Crippen LogP contribution in [0.15, 0.2) is 36.7 Å². The summed E-state index contributed by atoms with van der Waals surface area (Å²) in [6.45, 7) is 1.12. The maximum Gasteiger partial charge on any atom is 0.162 e. The van der Waals surface area contributed by atoms with Crippen molar-refractivity contribution in [3.05, 3.63) is 52.8 Å². The van der Waals surface area contributed by atoms with Gasteiger partial charge in [-0.25, -0.2) is 0 Å². The molecule has 104 valence electrons. The van der Waals surface area contributed by atoms with Crippen LogP contribution in [0, 0.1) is 0 Å². The van der Waals surface area contributed by atoms with Crippen LogP contribution in [0.2, 0.25) is 5.02 Å². The van der Waals surface area contributed by atoms with Crippen molar-refractivity contribution >= 4 is 11.6 Å². The van der Waals surface area contributed by atoms with Crippen LogP contribution in [0.4, 0.5) is 0 Å². The molecule has 3 rings (SSSR count). The van der Waals surface area contributed by atoms with Crippen LogP contribution in [0.1, 0.15) is 17.2 Å². The van der Waals surface area contributed by atoms with Gasteiger partial charge in [0.25, 0.3) is 0 Å². The number of rotatable bonds is 3. The van der Waals surface area contributed by atoms with E-state index in [2.05, 4.69) is 10.3 Å². The Morgan fingerprint density at radius 2 is 1.80 bits per heavy atom. The molecule has 2 aromatic rings. The van der Waals surface area contributed by atoms with Crippen LogP contribution in [-0.4, -0.2) is 25.2 Å². The highest BCUT2D eigenvalue weighted by atomic mass is 35.5. The van der Waals surface area contributed by atoms with E-state index in [1.165, 1.54) is 0 Å². The molecule has 0 radical (unpaired) electrons. The Kier molecular flexibility index (Phi) is 3.76. The Bertz CT molecular complexity index is 604. The second-order valence-corrected chi connectivity index (χ2v) is 4.93. The van der Waals surface area contributed by atoms with E-state index in [9.17, 15) is 0 Å². The Hall–Kier alpha value is -1.78. The van der Waals surface area contributed by atoms with Crippen molar-refractivity contribution in [2.75, 3.05) is 20.3 Å². The van der Waals surface area contributed by atoms with Gasteiger partial charge in [0.1, 0.15) is 13.2 Å². The summed E-state index contributed by atoms with van der Waals surface area (Å²) in [4.78, 5) is 4.04. The lowest BCUT2D eigenvalue weighted by Crippen LogP contribution is -2.20. The Morgan fingerprint density at radius 1 is 1.15 bits per heavy atom. The second kappa shape index (κ2) is 5.69. The van der Waals surface area contributed by atoms with E-state index in [0.717, 1.165) is 16.9 Å². The molecule has 1 aliphatic rings. The number of hydrogen-bond donors (Lipinski definition) is 1. The Labute approximate surface area is 122 Å². The quantitative estimate of drug-likeness (QED) is 0.944. The summed E-state index contributed by atoms with van der Waals surface area (Å²) in [5, 5.41) is 3.93. The number of hydrogen-bond acceptors (Lipinski definition) is 4. The van der Waals surface area contributed by atoms with Crippen molar-refractivity contribution < 1.29 is 9.47 Å². The molecule has 4 nitrogen and oxygen atoms in total. The maximum atomic E-state index is 6.39. The van der Waals surface area contributed by atoms with Crippen LogP contribution < -0.4 is 14.8 Å². The maximum absolute atomic E-state index is 6.39. The molecule has 1 N–H and O–H groups in total. The molecule has 0 fully saturated rings. The van der Waals surface area contributed by atoms with Gasteiger partial charge in [0.15, 0.2) is 11.5 Å². The largest absolute Gasteiger partial charge is 0.486 e. The normalized spacial score (nSPS) is 14.9. The monoisotopic (exact) mass is 290 g/mol. The molecule has 1 atom stereocenters. The summed E-state index contributed by atoms with van der Waals surface area (Å²) in [5.41, 5.74) is 2.06. The lowest BCUT2D eigenvalue weighted by molar-refractivity contribution is 0.171. The molecular weight excluding hydrogens is 276 g/mol. The molecule has 1 aliphatic heterocycles. The lowest BCUT2D eigenvalue weighted by atomic mass is 9.99. The van der Waals surface area contributed by atoms with E-state index in [0.29, 0.717) is 24.0 Å². The third-order valence-electron chi connectivity index (χ3n) is 3.30. The number of nitrogens with one attached hydrogen (secondary N) is 1. The highest BCUT2D eigenvalue weighted by Crippen LogP contribution is 2.39. The SMILES string of the molecule is CNC(c1ccncc1)c1cc2c(cc1Cl)OCCO2. The molecule has 5 heteroatoms. The summed E-state index contributed by atoms with van der Waals surface area (Å²) >= 11 is 6.39. The van der Waals surface area contributed by atoms with E-state index in [1.807, 2.05) is 31.3 Å². The molecule has 1 aromatic heterocycles. The number of fused-ring (bicyclic) bond motifs is 1. The van der Waals surface area contributed by atoms with Crippen LogP contribution >= 0.6 is 11.6 Å². The van der Waals surface area contributed by atoms with E-state index in [1.54, 1.807) is 12.4 Å². The topological polar surface area (TPSA) is 43.4 Å². The van der Waals surface area contributed by atoms with Gasteiger partial charge >= 0.3 is 0 Å². The first kappa shape index (κ1) is 13.2. The standard InChI is InChI=1S/C15H15ClN2O2/c1-17-15(10-2-4-18-5-3-10)11-8-13-14(9-12(11)16)20-7-6-19-13/h2-5,8-9,15,17H,6-7H2,1H3. The van der Waals surface area contributed by atoms with Gasteiger partial charge in [0.2, 0.25) is 0 Å². The Morgan fingerprint density at radius 3 is 2.45 bits per heavy atom. The average Bonchev–Trinajstić information content (AvgIpc) is 2.49. The molecule has 20 heavy (non-hydrogen) atoms. The smallest absolute Gasteiger partial charge is 0.162 e. The average molecular weight is 291 g/mol. The molecule has 0 aliphatic carbocycles. The summed E-state index contributed by atoms with van der Waals surface area (Å²) < 4.78 is 11.2. The predicted octanol–water partition coefficient (Wildman–Crippen LogP) is 2.82. The molecule has 0 saturated heterocycles. The zero-order valence-corrected chi connectivity index (χ0v) is 11.9. The minimum atomic E-state index is -0.0127. The van der Waals surface area contributed by atoms with Gasteiger partial charge < -0.3 is 14.8 Å². The summed E-state index contributed by atoms with van der Waals surface area (Å²) in [6.07, 6.45) is 3.54. The van der Waals surface area contributed by atoms with Crippen LogP contribution in [0.5, 0.6) is 11.5 Å². The minimum Gasteiger partial charge on any atom is -0.486 e. The number of ether oxygens (including phenoxy) is 2. The van der Waals surface area contributed by atoms with Crippen molar-refractivity contribution in [2.45, 2.75) is 6.04 Å². The van der Waals surface area contributed by atoms with Crippen molar-refractivity contribution in [3.63, 3.8) is 0 Å². The first-order valence-corrected chi connectivity index (χ1v) is 6.83. The van der Waals surface area contributed by atoms with E-state index in [-0.39, 0.29) is 6.04 Å². The van der Waals surface area contributed by atoms with Gasteiger partial charge in [-0.15, -0.1) is 0 Å². The predicted molar refractivity (Wildman–Crippen MR) is 77.6 cm³/mol. The number of aromatic nitrogens is 1. The number of nitrogens with zero attached hydrogens (tertiary/aromatic N) is 1. The third-order valence-corrected chi connectivity index (χ3v) is 3.63. The van der Waals surface area contributed by atoms with Crippen molar-refractivity contribution in [1.29, 1.82) is 0 Å². The van der Waals surface area contributed by atoms with E-state index in [4.69, 9.17) is 21.1 Å². The van der Waals surface area contributed by atoms with Crippen LogP contribution in [0.3, 0.4) is 0 Å². The third kappa shape index (κ3) is 2.44. The van der Waals surface area contributed by atoms with Gasteiger partial charge in [0.05, 0.1) is 6.04 Å². The van der Waals surface area contributed by atoms with Crippen molar-refractivity contribution in [1.82, 2.24) is 10.3 Å². The lowest BCUT2D eigenvalue weighted by Gasteiger charge is -2.23. The highest BCUT2D eigenvalue weighted by Gasteiger charge is 2.20. The molecule has 0 spiro atoms. The fraction of sp³-hybridized carbons (Fsp3) is 0.267. The van der Waals surface area contributed by atoms with Gasteiger partial charge in [-0.3, -0.25) is 4.98 Å². The molecule has 1 unspecified atom stereocenters. The molecule has 0 saturated carbocycles. The fourth-order valence-electron chi connectivity index (χ4n) is 2.36. The van der Waals surface area contributed by atoms with E-state index < -0.39 is 0 Å². The zero-order valence-electron chi connectivity index (χ0n) is 11.1. The minimum absolute atomic E-state index is 0.0127. The van der Waals surface area contributed by atoms with Gasteiger partial charge in [0, 0.05) is 23.5 Å². The van der Waals surface area contributed by atoms with Crippen molar-refractivity contribution in [2.24, 2.45) is 0 Å². The molecule has 0 amide bonds. The van der Waals surface area contributed by atoms with Gasteiger partial charge in [-0.2, -0.15) is 0 Å². The van der Waals surface area contributed by atoms with Gasteiger partial charge in [-0.05, 0) is 36.4 Å². The zero-order chi connectivity index (χ0) is 13.9. The fourth-order valence-corrected chi connectivity index (χ4v) is 2.62. The first-order valence-electron chi connectivity index (χ1n) is 6.46. The molecular formula is C15H15ClN2O2. The summed E-state index contributed by atoms with van der Waals surface area (Å²) in [6, 6.07) is 7.68. The van der Waals surface area contributed by atoms with Crippen molar-refractivity contribution in [3.8, 4) is 11.5 Å². The molecule has 0 bridgehead atoms. The van der Waals surface area contributed by atoms with Crippen LogP contribution in [-0.2, 0) is 0 Å². The number of halogens is 1. The molecule has 1 aromatic carbocycles. The first-order chi connectivity index (χ1) is 9.79.